The number of benzene rings is 2. The molecule has 29 heavy (non-hydrogen) atoms. The maximum absolute atomic E-state index is 12.1. The second kappa shape index (κ2) is 9.07. The van der Waals surface area contributed by atoms with Crippen molar-refractivity contribution in [2.75, 3.05) is 11.9 Å². The average molecular weight is 411 g/mol. The SMILES string of the molecule is CCc1ccc(-c2nc(C(=O)OCC(=O)Nc3ccc([N+](=O)[O-])cc3)cs2)cc1. The number of nitrogens with one attached hydrogen (secondary N) is 1. The Morgan fingerprint density at radius 1 is 1.14 bits per heavy atom. The molecule has 9 heteroatoms. The smallest absolute Gasteiger partial charge is 0.358 e. The van der Waals surface area contributed by atoms with Crippen molar-refractivity contribution in [2.24, 2.45) is 0 Å². The average Bonchev–Trinajstić information content (AvgIpc) is 3.23. The van der Waals surface area contributed by atoms with Gasteiger partial charge < -0.3 is 10.1 Å². The van der Waals surface area contributed by atoms with Crippen molar-refractivity contribution in [3.63, 3.8) is 0 Å². The Morgan fingerprint density at radius 3 is 2.45 bits per heavy atom. The lowest BCUT2D eigenvalue weighted by Crippen LogP contribution is -2.21. The number of non-ortho nitro benzene ring substituents is 1. The molecule has 0 unspecified atom stereocenters. The fraction of sp³-hybridized carbons (Fsp3) is 0.150. The molecule has 1 amide bonds. The summed E-state index contributed by atoms with van der Waals surface area (Å²) < 4.78 is 4.99. The zero-order valence-electron chi connectivity index (χ0n) is 15.5. The monoisotopic (exact) mass is 411 g/mol. The number of hydrogen-bond donors (Lipinski definition) is 1. The van der Waals surface area contributed by atoms with E-state index in [2.05, 4.69) is 17.2 Å². The van der Waals surface area contributed by atoms with E-state index in [4.69, 9.17) is 4.74 Å². The molecule has 3 rings (SSSR count). The van der Waals surface area contributed by atoms with Crippen LogP contribution in [0.5, 0.6) is 0 Å². The van der Waals surface area contributed by atoms with Crippen LogP contribution in [0.2, 0.25) is 0 Å². The first kappa shape index (κ1) is 20.2. The first-order valence-corrected chi connectivity index (χ1v) is 9.60. The third-order valence-electron chi connectivity index (χ3n) is 4.02. The largest absolute Gasteiger partial charge is 0.451 e. The number of amides is 1. The van der Waals surface area contributed by atoms with E-state index in [0.717, 1.165) is 12.0 Å². The van der Waals surface area contributed by atoms with Gasteiger partial charge in [-0.05, 0) is 24.1 Å². The van der Waals surface area contributed by atoms with Gasteiger partial charge in [0.1, 0.15) is 5.01 Å². The van der Waals surface area contributed by atoms with E-state index in [1.165, 1.54) is 41.2 Å². The Bertz CT molecular complexity index is 1030. The zero-order valence-corrected chi connectivity index (χ0v) is 16.3. The van der Waals surface area contributed by atoms with Crippen LogP contribution in [0.15, 0.2) is 53.9 Å². The van der Waals surface area contributed by atoms with Gasteiger partial charge in [-0.15, -0.1) is 11.3 Å². The van der Waals surface area contributed by atoms with Gasteiger partial charge in [0.05, 0.1) is 4.92 Å². The van der Waals surface area contributed by atoms with Crippen LogP contribution in [0.1, 0.15) is 23.0 Å². The molecule has 0 saturated heterocycles. The van der Waals surface area contributed by atoms with Crippen LogP contribution in [-0.4, -0.2) is 28.4 Å². The van der Waals surface area contributed by atoms with Crippen molar-refractivity contribution in [3.8, 4) is 10.6 Å². The molecule has 1 heterocycles. The summed E-state index contributed by atoms with van der Waals surface area (Å²) in [7, 11) is 0. The van der Waals surface area contributed by atoms with Crippen LogP contribution in [0, 0.1) is 10.1 Å². The van der Waals surface area contributed by atoms with Crippen molar-refractivity contribution in [2.45, 2.75) is 13.3 Å². The number of aromatic nitrogens is 1. The predicted octanol–water partition coefficient (Wildman–Crippen LogP) is 4.08. The van der Waals surface area contributed by atoms with E-state index in [9.17, 15) is 19.7 Å². The highest BCUT2D eigenvalue weighted by Crippen LogP contribution is 2.24. The van der Waals surface area contributed by atoms with E-state index in [-0.39, 0.29) is 11.4 Å². The zero-order chi connectivity index (χ0) is 20.8. The van der Waals surface area contributed by atoms with Gasteiger partial charge in [0.25, 0.3) is 11.6 Å². The summed E-state index contributed by atoms with van der Waals surface area (Å²) in [6.45, 7) is 1.58. The molecule has 2 aromatic carbocycles. The summed E-state index contributed by atoms with van der Waals surface area (Å²) in [6, 6.07) is 13.3. The molecule has 0 spiro atoms. The molecule has 0 atom stereocenters. The minimum absolute atomic E-state index is 0.0851. The van der Waals surface area contributed by atoms with Crippen LogP contribution in [0.3, 0.4) is 0 Å². The Kier molecular flexibility index (Phi) is 6.30. The molecule has 0 fully saturated rings. The number of nitro groups is 1. The molecular weight excluding hydrogens is 394 g/mol. The Labute approximate surface area is 170 Å². The van der Waals surface area contributed by atoms with Crippen molar-refractivity contribution in [3.05, 3.63) is 75.3 Å². The Balaban J connectivity index is 1.54. The molecule has 1 N–H and O–H groups in total. The minimum atomic E-state index is -0.698. The fourth-order valence-corrected chi connectivity index (χ4v) is 3.25. The Morgan fingerprint density at radius 2 is 1.83 bits per heavy atom. The minimum Gasteiger partial charge on any atom is -0.451 e. The standard InChI is InChI=1S/C20H17N3O5S/c1-2-13-3-5-14(6-4-13)19-22-17(12-29-19)20(25)28-11-18(24)21-15-7-9-16(10-8-15)23(26)27/h3-10,12H,2,11H2,1H3,(H,21,24). The van der Waals surface area contributed by atoms with Gasteiger partial charge in [-0.25, -0.2) is 9.78 Å². The van der Waals surface area contributed by atoms with Crippen molar-refractivity contribution in [1.82, 2.24) is 4.98 Å². The van der Waals surface area contributed by atoms with Gasteiger partial charge in [0, 0.05) is 28.8 Å². The number of nitrogens with zero attached hydrogens (tertiary/aromatic N) is 2. The van der Waals surface area contributed by atoms with Crippen LogP contribution < -0.4 is 5.32 Å². The maximum atomic E-state index is 12.1. The van der Waals surface area contributed by atoms with E-state index in [1.807, 2.05) is 24.3 Å². The topological polar surface area (TPSA) is 111 Å². The summed E-state index contributed by atoms with van der Waals surface area (Å²) >= 11 is 1.32. The quantitative estimate of drug-likeness (QED) is 0.356. The van der Waals surface area contributed by atoms with Crippen molar-refractivity contribution >= 4 is 34.6 Å². The number of thiazole rings is 1. The van der Waals surface area contributed by atoms with E-state index < -0.39 is 23.4 Å². The summed E-state index contributed by atoms with van der Waals surface area (Å²) in [5.74, 6) is -1.26. The number of aryl methyl sites for hydroxylation is 1. The number of hydrogen-bond acceptors (Lipinski definition) is 7. The molecule has 0 aliphatic carbocycles. The van der Waals surface area contributed by atoms with Gasteiger partial charge >= 0.3 is 5.97 Å². The van der Waals surface area contributed by atoms with Gasteiger partial charge in [-0.1, -0.05) is 31.2 Å². The van der Waals surface area contributed by atoms with Crippen molar-refractivity contribution < 1.29 is 19.2 Å². The first-order chi connectivity index (χ1) is 14.0. The van der Waals surface area contributed by atoms with Gasteiger partial charge in [0.2, 0.25) is 0 Å². The molecule has 0 bridgehead atoms. The van der Waals surface area contributed by atoms with E-state index in [0.29, 0.717) is 10.7 Å². The van der Waals surface area contributed by atoms with Crippen molar-refractivity contribution in [1.29, 1.82) is 0 Å². The van der Waals surface area contributed by atoms with Crippen LogP contribution in [0.25, 0.3) is 10.6 Å². The maximum Gasteiger partial charge on any atom is 0.358 e. The molecule has 8 nitrogen and oxygen atoms in total. The summed E-state index contributed by atoms with van der Waals surface area (Å²) in [5.41, 5.74) is 2.53. The number of esters is 1. The Hall–Kier alpha value is -3.59. The highest BCUT2D eigenvalue weighted by molar-refractivity contribution is 7.13. The number of nitro benzene ring substituents is 1. The molecule has 1 aromatic heterocycles. The molecular formula is C20H17N3O5S. The first-order valence-electron chi connectivity index (χ1n) is 8.72. The lowest BCUT2D eigenvalue weighted by Gasteiger charge is -2.05. The predicted molar refractivity (Wildman–Crippen MR) is 109 cm³/mol. The third kappa shape index (κ3) is 5.23. The number of carbonyl (C=O) groups excluding carboxylic acids is 2. The van der Waals surface area contributed by atoms with Crippen LogP contribution >= 0.6 is 11.3 Å². The van der Waals surface area contributed by atoms with Gasteiger partial charge in [-0.2, -0.15) is 0 Å². The molecule has 0 saturated carbocycles. The number of carbonyl (C=O) groups is 2. The molecule has 148 valence electrons. The molecule has 0 aliphatic heterocycles. The lowest BCUT2D eigenvalue weighted by atomic mass is 10.1. The summed E-state index contributed by atoms with van der Waals surface area (Å²) in [5, 5.41) is 15.4. The molecule has 0 radical (unpaired) electrons. The van der Waals surface area contributed by atoms with Crippen LogP contribution in [-0.2, 0) is 16.0 Å². The van der Waals surface area contributed by atoms with E-state index >= 15 is 0 Å². The summed E-state index contributed by atoms with van der Waals surface area (Å²) in [6.07, 6.45) is 0.942. The molecule has 0 aliphatic rings. The third-order valence-corrected chi connectivity index (χ3v) is 4.91. The van der Waals surface area contributed by atoms with Gasteiger partial charge in [0.15, 0.2) is 12.3 Å². The number of ether oxygens (including phenoxy) is 1. The second-order valence-electron chi connectivity index (χ2n) is 6.02. The fourth-order valence-electron chi connectivity index (χ4n) is 2.45. The highest BCUT2D eigenvalue weighted by atomic mass is 32.1. The van der Waals surface area contributed by atoms with E-state index in [1.54, 1.807) is 5.38 Å². The summed E-state index contributed by atoms with van der Waals surface area (Å²) in [4.78, 5) is 38.4. The number of rotatable bonds is 7. The highest BCUT2D eigenvalue weighted by Gasteiger charge is 2.15. The second-order valence-corrected chi connectivity index (χ2v) is 6.87. The van der Waals surface area contributed by atoms with Gasteiger partial charge in [-0.3, -0.25) is 14.9 Å². The van der Waals surface area contributed by atoms with Crippen LogP contribution in [0.4, 0.5) is 11.4 Å². The number of anilines is 1. The lowest BCUT2D eigenvalue weighted by molar-refractivity contribution is -0.384. The molecule has 3 aromatic rings. The normalized spacial score (nSPS) is 10.4.